The zero-order valence-electron chi connectivity index (χ0n) is 9.91. The SMILES string of the molecule is C=CCC(=O)Nc1sc(C)cc1C(=O)OCC. The summed E-state index contributed by atoms with van der Waals surface area (Å²) in [5, 5.41) is 3.21. The Morgan fingerprint density at radius 3 is 2.88 bits per heavy atom. The van der Waals surface area contributed by atoms with Crippen molar-refractivity contribution in [3.05, 3.63) is 29.2 Å². The number of rotatable bonds is 5. The van der Waals surface area contributed by atoms with E-state index in [9.17, 15) is 9.59 Å². The largest absolute Gasteiger partial charge is 0.462 e. The molecule has 0 unspecified atom stereocenters. The van der Waals surface area contributed by atoms with Crippen molar-refractivity contribution in [2.24, 2.45) is 0 Å². The molecule has 1 rings (SSSR count). The summed E-state index contributed by atoms with van der Waals surface area (Å²) in [5.74, 6) is -0.599. The molecule has 1 aromatic heterocycles. The Kier molecular flexibility index (Phi) is 4.90. The number of anilines is 1. The number of thiophene rings is 1. The maximum Gasteiger partial charge on any atom is 0.341 e. The average molecular weight is 253 g/mol. The molecule has 0 fully saturated rings. The summed E-state index contributed by atoms with van der Waals surface area (Å²) in [6.07, 6.45) is 1.74. The molecule has 0 aliphatic rings. The van der Waals surface area contributed by atoms with Crippen LogP contribution in [0.2, 0.25) is 0 Å². The number of hydrogen-bond donors (Lipinski definition) is 1. The number of esters is 1. The first-order valence-corrected chi connectivity index (χ1v) is 6.08. The Bertz CT molecular complexity index is 437. The van der Waals surface area contributed by atoms with Gasteiger partial charge in [-0.25, -0.2) is 4.79 Å². The maximum atomic E-state index is 11.6. The Morgan fingerprint density at radius 1 is 1.59 bits per heavy atom. The lowest BCUT2D eigenvalue weighted by atomic mass is 10.3. The molecule has 5 heteroatoms. The van der Waals surface area contributed by atoms with Crippen molar-refractivity contribution in [2.75, 3.05) is 11.9 Å². The summed E-state index contributed by atoms with van der Waals surface area (Å²) < 4.78 is 4.92. The minimum absolute atomic E-state index is 0.188. The van der Waals surface area contributed by atoms with Crippen LogP contribution in [-0.4, -0.2) is 18.5 Å². The van der Waals surface area contributed by atoms with Crippen LogP contribution in [0.25, 0.3) is 0 Å². The molecule has 1 heterocycles. The Labute approximate surface area is 104 Å². The normalized spacial score (nSPS) is 9.76. The van der Waals surface area contributed by atoms with Crippen LogP contribution in [0, 0.1) is 6.92 Å². The first kappa shape index (κ1) is 13.4. The fourth-order valence-electron chi connectivity index (χ4n) is 1.28. The Morgan fingerprint density at radius 2 is 2.29 bits per heavy atom. The van der Waals surface area contributed by atoms with E-state index in [-0.39, 0.29) is 12.3 Å². The van der Waals surface area contributed by atoms with Gasteiger partial charge in [-0.15, -0.1) is 17.9 Å². The zero-order valence-corrected chi connectivity index (χ0v) is 10.7. The molecule has 0 spiro atoms. The zero-order chi connectivity index (χ0) is 12.8. The highest BCUT2D eigenvalue weighted by Crippen LogP contribution is 2.28. The van der Waals surface area contributed by atoms with Crippen LogP contribution in [0.4, 0.5) is 5.00 Å². The van der Waals surface area contributed by atoms with Crippen LogP contribution < -0.4 is 5.32 Å². The summed E-state index contributed by atoms with van der Waals surface area (Å²) in [4.78, 5) is 24.0. The van der Waals surface area contributed by atoms with Crippen LogP contribution in [0.15, 0.2) is 18.7 Å². The molecule has 1 amide bonds. The number of nitrogens with one attached hydrogen (secondary N) is 1. The number of hydrogen-bond acceptors (Lipinski definition) is 4. The standard InChI is InChI=1S/C12H15NO3S/c1-4-6-10(14)13-11-9(7-8(3)17-11)12(15)16-5-2/h4,7H,1,5-6H2,2-3H3,(H,13,14). The van der Waals surface area contributed by atoms with Crippen LogP contribution >= 0.6 is 11.3 Å². The third-order valence-electron chi connectivity index (χ3n) is 1.93. The molecular formula is C12H15NO3S. The van der Waals surface area contributed by atoms with Gasteiger partial charge in [0.05, 0.1) is 12.2 Å². The monoisotopic (exact) mass is 253 g/mol. The second kappa shape index (κ2) is 6.20. The molecule has 0 aromatic carbocycles. The molecule has 0 aliphatic carbocycles. The van der Waals surface area contributed by atoms with Crippen molar-refractivity contribution < 1.29 is 14.3 Å². The molecule has 17 heavy (non-hydrogen) atoms. The number of aryl methyl sites for hydroxylation is 1. The molecule has 0 saturated carbocycles. The van der Waals surface area contributed by atoms with Crippen LogP contribution in [0.5, 0.6) is 0 Å². The molecule has 0 bridgehead atoms. The minimum Gasteiger partial charge on any atom is -0.462 e. The van der Waals surface area contributed by atoms with Gasteiger partial charge in [0.2, 0.25) is 5.91 Å². The van der Waals surface area contributed by atoms with E-state index in [1.807, 2.05) is 6.92 Å². The molecule has 1 aromatic rings. The van der Waals surface area contributed by atoms with Crippen molar-refractivity contribution in [1.29, 1.82) is 0 Å². The second-order valence-electron chi connectivity index (χ2n) is 3.36. The van der Waals surface area contributed by atoms with Crippen molar-refractivity contribution in [3.63, 3.8) is 0 Å². The summed E-state index contributed by atoms with van der Waals surface area (Å²) in [5.41, 5.74) is 0.409. The summed E-state index contributed by atoms with van der Waals surface area (Å²) in [7, 11) is 0. The van der Waals surface area contributed by atoms with Crippen LogP contribution in [0.1, 0.15) is 28.6 Å². The third kappa shape index (κ3) is 3.71. The average Bonchev–Trinajstić information content (AvgIpc) is 2.60. The summed E-state index contributed by atoms with van der Waals surface area (Å²) in [6.45, 7) is 7.41. The quantitative estimate of drug-likeness (QED) is 0.648. The summed E-state index contributed by atoms with van der Waals surface area (Å²) in [6, 6.07) is 1.71. The predicted molar refractivity (Wildman–Crippen MR) is 68.5 cm³/mol. The molecule has 1 N–H and O–H groups in total. The Balaban J connectivity index is 2.87. The van der Waals surface area contributed by atoms with Crippen LogP contribution in [0.3, 0.4) is 0 Å². The van der Waals surface area contributed by atoms with Gasteiger partial charge in [-0.05, 0) is 19.9 Å². The van der Waals surface area contributed by atoms with Crippen molar-refractivity contribution >= 4 is 28.2 Å². The van der Waals surface area contributed by atoms with Crippen LogP contribution in [-0.2, 0) is 9.53 Å². The highest BCUT2D eigenvalue weighted by atomic mass is 32.1. The van der Waals surface area contributed by atoms with Gasteiger partial charge in [-0.3, -0.25) is 4.79 Å². The highest BCUT2D eigenvalue weighted by molar-refractivity contribution is 7.16. The van der Waals surface area contributed by atoms with Gasteiger partial charge in [0.15, 0.2) is 0 Å². The van der Waals surface area contributed by atoms with Gasteiger partial charge in [0.25, 0.3) is 0 Å². The van der Waals surface area contributed by atoms with E-state index in [0.29, 0.717) is 17.2 Å². The van der Waals surface area contributed by atoms with Gasteiger partial charge < -0.3 is 10.1 Å². The molecular weight excluding hydrogens is 238 g/mol. The first-order valence-electron chi connectivity index (χ1n) is 5.26. The van der Waals surface area contributed by atoms with Crippen molar-refractivity contribution in [1.82, 2.24) is 0 Å². The highest BCUT2D eigenvalue weighted by Gasteiger charge is 2.17. The van der Waals surface area contributed by atoms with E-state index in [1.54, 1.807) is 13.0 Å². The number of ether oxygens (including phenoxy) is 1. The first-order chi connectivity index (χ1) is 8.08. The molecule has 0 aliphatic heterocycles. The van der Waals surface area contributed by atoms with Crippen molar-refractivity contribution in [2.45, 2.75) is 20.3 Å². The van der Waals surface area contributed by atoms with E-state index in [2.05, 4.69) is 11.9 Å². The van der Waals surface area contributed by atoms with Gasteiger partial charge >= 0.3 is 5.97 Å². The second-order valence-corrected chi connectivity index (χ2v) is 4.62. The number of amides is 1. The van der Waals surface area contributed by atoms with E-state index in [4.69, 9.17) is 4.74 Å². The summed E-state index contributed by atoms with van der Waals surface area (Å²) >= 11 is 1.36. The van der Waals surface area contributed by atoms with E-state index >= 15 is 0 Å². The van der Waals surface area contributed by atoms with Gasteiger partial charge in [-0.2, -0.15) is 0 Å². The fraction of sp³-hybridized carbons (Fsp3) is 0.333. The smallest absolute Gasteiger partial charge is 0.341 e. The lowest BCUT2D eigenvalue weighted by molar-refractivity contribution is -0.115. The predicted octanol–water partition coefficient (Wildman–Crippen LogP) is 2.75. The fourth-order valence-corrected chi connectivity index (χ4v) is 2.19. The maximum absolute atomic E-state index is 11.6. The van der Waals surface area contributed by atoms with Gasteiger partial charge in [0.1, 0.15) is 5.00 Å². The van der Waals surface area contributed by atoms with Gasteiger partial charge in [0, 0.05) is 11.3 Å². The minimum atomic E-state index is -0.411. The molecule has 0 atom stereocenters. The van der Waals surface area contributed by atoms with Gasteiger partial charge in [-0.1, -0.05) is 6.08 Å². The topological polar surface area (TPSA) is 55.4 Å². The number of carbonyl (C=O) groups excluding carboxylic acids is 2. The number of carbonyl (C=O) groups is 2. The lowest BCUT2D eigenvalue weighted by Crippen LogP contribution is -2.12. The molecule has 0 radical (unpaired) electrons. The van der Waals surface area contributed by atoms with Crippen molar-refractivity contribution in [3.8, 4) is 0 Å². The molecule has 92 valence electrons. The molecule has 0 saturated heterocycles. The molecule has 4 nitrogen and oxygen atoms in total. The third-order valence-corrected chi connectivity index (χ3v) is 2.90. The lowest BCUT2D eigenvalue weighted by Gasteiger charge is -2.04. The van der Waals surface area contributed by atoms with E-state index < -0.39 is 5.97 Å². The van der Waals surface area contributed by atoms with E-state index in [1.165, 1.54) is 17.4 Å². The van der Waals surface area contributed by atoms with E-state index in [0.717, 1.165) is 4.88 Å². The Hall–Kier alpha value is -1.62.